The molecule has 0 fully saturated rings. The third-order valence-corrected chi connectivity index (χ3v) is 3.51. The first-order chi connectivity index (χ1) is 10.4. The minimum absolute atomic E-state index is 0.0179. The minimum atomic E-state index is -1.10. The third kappa shape index (κ3) is 6.04. The highest BCUT2D eigenvalue weighted by atomic mass is 32.1. The summed E-state index contributed by atoms with van der Waals surface area (Å²) >= 11 is 1.30. The van der Waals surface area contributed by atoms with E-state index in [1.807, 2.05) is 5.32 Å². The maximum Gasteiger partial charge on any atom is 0.321 e. The lowest BCUT2D eigenvalue weighted by Crippen LogP contribution is -2.44. The Labute approximate surface area is 132 Å². The molecule has 0 saturated heterocycles. The average Bonchev–Trinajstić information content (AvgIpc) is 2.99. The van der Waals surface area contributed by atoms with Crippen LogP contribution in [0, 0.1) is 0 Å². The molecule has 1 atom stereocenters. The van der Waals surface area contributed by atoms with Crippen molar-refractivity contribution < 1.29 is 23.9 Å². The van der Waals surface area contributed by atoms with E-state index in [-0.39, 0.29) is 18.6 Å². The van der Waals surface area contributed by atoms with E-state index in [1.54, 1.807) is 24.4 Å². The van der Waals surface area contributed by atoms with Gasteiger partial charge in [-0.15, -0.1) is 11.3 Å². The molecule has 0 aliphatic carbocycles. The number of imide groups is 1. The number of ether oxygens (including phenoxy) is 1. The highest BCUT2D eigenvalue weighted by molar-refractivity contribution is 7.12. The predicted molar refractivity (Wildman–Crippen MR) is 80.7 cm³/mol. The van der Waals surface area contributed by atoms with E-state index in [1.165, 1.54) is 18.3 Å². The Morgan fingerprint density at radius 1 is 1.27 bits per heavy atom. The standard InChI is InChI=1S/C14H18N2O5S/c1-3-15-14(20)16-13(19)9(2)21-12(18)7-6-10(17)11-5-4-8-22-11/h4-5,8-9H,3,6-7H2,1-2H3,(H2,15,16,19,20)/t9-/m0/s1. The van der Waals surface area contributed by atoms with Crippen LogP contribution in [0.3, 0.4) is 0 Å². The summed E-state index contributed by atoms with van der Waals surface area (Å²) in [6.45, 7) is 3.43. The second-order valence-electron chi connectivity index (χ2n) is 4.38. The average molecular weight is 326 g/mol. The Morgan fingerprint density at radius 3 is 2.59 bits per heavy atom. The van der Waals surface area contributed by atoms with Gasteiger partial charge in [0.15, 0.2) is 11.9 Å². The van der Waals surface area contributed by atoms with Crippen molar-refractivity contribution in [2.75, 3.05) is 6.54 Å². The van der Waals surface area contributed by atoms with Gasteiger partial charge in [-0.3, -0.25) is 19.7 Å². The number of rotatable bonds is 7. The molecule has 0 unspecified atom stereocenters. The summed E-state index contributed by atoms with van der Waals surface area (Å²) in [6, 6.07) is 2.79. The number of carbonyl (C=O) groups is 4. The van der Waals surface area contributed by atoms with Gasteiger partial charge in [-0.1, -0.05) is 6.07 Å². The summed E-state index contributed by atoms with van der Waals surface area (Å²) in [4.78, 5) is 46.6. The first kappa shape index (κ1) is 17.8. The van der Waals surface area contributed by atoms with Gasteiger partial charge in [0.1, 0.15) is 0 Å². The summed E-state index contributed by atoms with van der Waals surface area (Å²) in [5, 5.41) is 6.20. The highest BCUT2D eigenvalue weighted by Gasteiger charge is 2.20. The molecule has 0 aliphatic rings. The van der Waals surface area contributed by atoms with E-state index in [9.17, 15) is 19.2 Å². The van der Waals surface area contributed by atoms with Crippen molar-refractivity contribution in [2.45, 2.75) is 32.8 Å². The summed E-state index contributed by atoms with van der Waals surface area (Å²) < 4.78 is 4.88. The molecular formula is C14H18N2O5S. The Hall–Kier alpha value is -2.22. The van der Waals surface area contributed by atoms with Crippen molar-refractivity contribution in [3.05, 3.63) is 22.4 Å². The summed E-state index contributed by atoms with van der Waals surface area (Å²) in [5.41, 5.74) is 0. The van der Waals surface area contributed by atoms with Crippen LogP contribution in [0.15, 0.2) is 17.5 Å². The molecule has 7 nitrogen and oxygen atoms in total. The number of hydrogen-bond acceptors (Lipinski definition) is 6. The number of thiophene rings is 1. The maximum absolute atomic E-state index is 11.7. The van der Waals surface area contributed by atoms with E-state index in [0.717, 1.165) is 0 Å². The smallest absolute Gasteiger partial charge is 0.321 e. The Kier molecular flexibility index (Phi) is 7.24. The van der Waals surface area contributed by atoms with Crippen molar-refractivity contribution in [3.8, 4) is 0 Å². The number of esters is 1. The van der Waals surface area contributed by atoms with Crippen LogP contribution in [0.25, 0.3) is 0 Å². The van der Waals surface area contributed by atoms with Gasteiger partial charge < -0.3 is 10.1 Å². The van der Waals surface area contributed by atoms with E-state index < -0.39 is 24.0 Å². The molecule has 22 heavy (non-hydrogen) atoms. The van der Waals surface area contributed by atoms with E-state index in [0.29, 0.717) is 11.4 Å². The van der Waals surface area contributed by atoms with Crippen LogP contribution >= 0.6 is 11.3 Å². The van der Waals surface area contributed by atoms with Crippen LogP contribution in [0.2, 0.25) is 0 Å². The van der Waals surface area contributed by atoms with E-state index in [4.69, 9.17) is 4.74 Å². The molecule has 2 N–H and O–H groups in total. The fraction of sp³-hybridized carbons (Fsp3) is 0.429. The zero-order chi connectivity index (χ0) is 16.5. The third-order valence-electron chi connectivity index (χ3n) is 2.60. The molecule has 0 bridgehead atoms. The van der Waals surface area contributed by atoms with Gasteiger partial charge in [0.05, 0.1) is 11.3 Å². The van der Waals surface area contributed by atoms with Gasteiger partial charge in [-0.2, -0.15) is 0 Å². The number of carbonyl (C=O) groups excluding carboxylic acids is 4. The quantitative estimate of drug-likeness (QED) is 0.584. The van der Waals surface area contributed by atoms with Gasteiger partial charge in [0.25, 0.3) is 5.91 Å². The molecule has 120 valence electrons. The lowest BCUT2D eigenvalue weighted by Gasteiger charge is -2.12. The summed E-state index contributed by atoms with van der Waals surface area (Å²) in [6.07, 6.45) is -1.20. The van der Waals surface area contributed by atoms with Crippen LogP contribution in [0.5, 0.6) is 0 Å². The zero-order valence-corrected chi connectivity index (χ0v) is 13.2. The molecule has 1 aromatic rings. The molecule has 3 amide bonds. The zero-order valence-electron chi connectivity index (χ0n) is 12.4. The van der Waals surface area contributed by atoms with E-state index in [2.05, 4.69) is 5.32 Å². The number of nitrogens with one attached hydrogen (secondary N) is 2. The number of hydrogen-bond donors (Lipinski definition) is 2. The molecule has 1 aromatic heterocycles. The maximum atomic E-state index is 11.7. The van der Waals surface area contributed by atoms with E-state index >= 15 is 0 Å². The topological polar surface area (TPSA) is 102 Å². The summed E-state index contributed by atoms with van der Waals surface area (Å²) in [7, 11) is 0. The van der Waals surface area contributed by atoms with Gasteiger partial charge in [0, 0.05) is 13.0 Å². The largest absolute Gasteiger partial charge is 0.453 e. The molecule has 0 saturated carbocycles. The lowest BCUT2D eigenvalue weighted by atomic mass is 10.2. The van der Waals surface area contributed by atoms with Gasteiger partial charge >= 0.3 is 12.0 Å². The molecule has 0 radical (unpaired) electrons. The van der Waals surface area contributed by atoms with Gasteiger partial charge in [0.2, 0.25) is 0 Å². The SMILES string of the molecule is CCNC(=O)NC(=O)[C@H](C)OC(=O)CCC(=O)c1cccs1. The number of Topliss-reactive ketones (excluding diaryl/α,β-unsaturated/α-hetero) is 1. The first-order valence-corrected chi connectivity index (χ1v) is 7.66. The summed E-state index contributed by atoms with van der Waals surface area (Å²) in [5.74, 6) is -1.53. The monoisotopic (exact) mass is 326 g/mol. The number of ketones is 1. The molecule has 0 spiro atoms. The first-order valence-electron chi connectivity index (χ1n) is 6.79. The molecule has 1 heterocycles. The van der Waals surface area contributed by atoms with Gasteiger partial charge in [-0.25, -0.2) is 4.79 Å². The van der Waals surface area contributed by atoms with Crippen molar-refractivity contribution in [3.63, 3.8) is 0 Å². The van der Waals surface area contributed by atoms with Crippen LogP contribution in [0.1, 0.15) is 36.4 Å². The van der Waals surface area contributed by atoms with Crippen LogP contribution in [-0.2, 0) is 14.3 Å². The molecule has 0 aliphatic heterocycles. The van der Waals surface area contributed by atoms with Crippen molar-refractivity contribution in [2.24, 2.45) is 0 Å². The minimum Gasteiger partial charge on any atom is -0.453 e. The molecule has 8 heteroatoms. The second kappa shape index (κ2) is 8.93. The van der Waals surface area contributed by atoms with Crippen molar-refractivity contribution in [1.82, 2.24) is 10.6 Å². The fourth-order valence-corrected chi connectivity index (χ4v) is 2.20. The van der Waals surface area contributed by atoms with Crippen LogP contribution in [0.4, 0.5) is 4.79 Å². The second-order valence-corrected chi connectivity index (χ2v) is 5.33. The number of urea groups is 1. The molecular weight excluding hydrogens is 308 g/mol. The Bertz CT molecular complexity index is 541. The Balaban J connectivity index is 2.33. The van der Waals surface area contributed by atoms with Crippen LogP contribution < -0.4 is 10.6 Å². The fourth-order valence-electron chi connectivity index (χ4n) is 1.50. The predicted octanol–water partition coefficient (Wildman–Crippen LogP) is 1.49. The van der Waals surface area contributed by atoms with Crippen molar-refractivity contribution in [1.29, 1.82) is 0 Å². The lowest BCUT2D eigenvalue weighted by molar-refractivity contribution is -0.154. The molecule has 1 rings (SSSR count). The van der Waals surface area contributed by atoms with Crippen molar-refractivity contribution >= 4 is 35.0 Å². The number of amides is 3. The molecule has 0 aromatic carbocycles. The normalized spacial score (nSPS) is 11.4. The van der Waals surface area contributed by atoms with Crippen LogP contribution in [-0.4, -0.2) is 36.3 Å². The highest BCUT2D eigenvalue weighted by Crippen LogP contribution is 2.12. The van der Waals surface area contributed by atoms with Gasteiger partial charge in [-0.05, 0) is 25.3 Å². The Morgan fingerprint density at radius 2 is 2.00 bits per heavy atom.